The first-order valence-corrected chi connectivity index (χ1v) is 4.45. The molecule has 0 nitrogen and oxygen atoms in total. The van der Waals surface area contributed by atoms with Crippen LogP contribution in [0.15, 0.2) is 24.3 Å². The third-order valence-corrected chi connectivity index (χ3v) is 1.82. The minimum Gasteiger partial charge on any atom is -0.207 e. The van der Waals surface area contributed by atoms with Crippen molar-refractivity contribution in [1.29, 1.82) is 0 Å². The summed E-state index contributed by atoms with van der Waals surface area (Å²) < 4.78 is 12.5. The molecule has 0 aliphatic heterocycles. The van der Waals surface area contributed by atoms with E-state index in [9.17, 15) is 4.39 Å². The lowest BCUT2D eigenvalue weighted by atomic mass is 10.2. The van der Waals surface area contributed by atoms with E-state index in [1.807, 2.05) is 12.3 Å². The van der Waals surface area contributed by atoms with Gasteiger partial charge in [0.2, 0.25) is 0 Å². The molecule has 0 amide bonds. The van der Waals surface area contributed by atoms with E-state index < -0.39 is 0 Å². The first-order valence-electron chi connectivity index (χ1n) is 3.06. The van der Waals surface area contributed by atoms with Crippen LogP contribution < -0.4 is 0 Å². The molecule has 0 saturated heterocycles. The minimum absolute atomic E-state index is 0.147. The van der Waals surface area contributed by atoms with Crippen molar-refractivity contribution in [1.82, 2.24) is 0 Å². The zero-order chi connectivity index (χ0) is 7.40. The van der Waals surface area contributed by atoms with Gasteiger partial charge in [0.25, 0.3) is 0 Å². The Morgan fingerprint density at radius 1 is 1.50 bits per heavy atom. The van der Waals surface area contributed by atoms with Crippen molar-refractivity contribution >= 4 is 11.8 Å². The standard InChI is InChI=1S/C8H9FS/c1-10-6-7-3-2-4-8(9)5-7/h2-5H,6H2,1H3. The average molecular weight is 156 g/mol. The highest BCUT2D eigenvalue weighted by atomic mass is 32.2. The predicted octanol–water partition coefficient (Wildman–Crippen LogP) is 2.69. The van der Waals surface area contributed by atoms with Crippen LogP contribution in [0, 0.1) is 5.82 Å². The molecule has 0 heterocycles. The third kappa shape index (κ3) is 2.03. The molecule has 0 unspecified atom stereocenters. The Morgan fingerprint density at radius 3 is 2.90 bits per heavy atom. The Kier molecular flexibility index (Phi) is 2.75. The highest BCUT2D eigenvalue weighted by Gasteiger charge is 1.91. The number of hydrogen-bond donors (Lipinski definition) is 0. The second kappa shape index (κ2) is 3.62. The molecule has 10 heavy (non-hydrogen) atoms. The van der Waals surface area contributed by atoms with E-state index in [0.717, 1.165) is 11.3 Å². The smallest absolute Gasteiger partial charge is 0.123 e. The molecule has 1 rings (SSSR count). The van der Waals surface area contributed by atoms with Gasteiger partial charge in [0.1, 0.15) is 5.82 Å². The van der Waals surface area contributed by atoms with Gasteiger partial charge in [-0.2, -0.15) is 11.8 Å². The van der Waals surface area contributed by atoms with Gasteiger partial charge in [-0.3, -0.25) is 0 Å². The molecule has 0 saturated carbocycles. The maximum Gasteiger partial charge on any atom is 0.123 e. The van der Waals surface area contributed by atoms with Crippen LogP contribution in [0.3, 0.4) is 0 Å². The number of rotatable bonds is 2. The highest BCUT2D eigenvalue weighted by molar-refractivity contribution is 7.97. The molecule has 54 valence electrons. The maximum absolute atomic E-state index is 12.5. The molecule has 1 aromatic rings. The van der Waals surface area contributed by atoms with E-state index in [-0.39, 0.29) is 5.82 Å². The lowest BCUT2D eigenvalue weighted by Gasteiger charge is -1.95. The molecule has 0 aromatic heterocycles. The van der Waals surface area contributed by atoms with Gasteiger partial charge in [-0.05, 0) is 24.0 Å². The summed E-state index contributed by atoms with van der Waals surface area (Å²) in [7, 11) is 0. The van der Waals surface area contributed by atoms with E-state index in [1.165, 1.54) is 6.07 Å². The fraction of sp³-hybridized carbons (Fsp3) is 0.250. The minimum atomic E-state index is -0.147. The molecule has 0 radical (unpaired) electrons. The number of benzene rings is 1. The third-order valence-electron chi connectivity index (χ3n) is 1.20. The fourth-order valence-electron chi connectivity index (χ4n) is 0.793. The summed E-state index contributed by atoms with van der Waals surface area (Å²) in [6.07, 6.45) is 2.00. The highest BCUT2D eigenvalue weighted by Crippen LogP contribution is 2.09. The first kappa shape index (κ1) is 7.61. The Labute approximate surface area is 64.4 Å². The van der Waals surface area contributed by atoms with E-state index in [0.29, 0.717) is 0 Å². The SMILES string of the molecule is CSCc1cccc(F)c1. The number of thioether (sulfide) groups is 1. The molecular weight excluding hydrogens is 147 g/mol. The second-order valence-electron chi connectivity index (χ2n) is 2.06. The summed E-state index contributed by atoms with van der Waals surface area (Å²) in [6.45, 7) is 0. The fourth-order valence-corrected chi connectivity index (χ4v) is 1.31. The summed E-state index contributed by atoms with van der Waals surface area (Å²) in [4.78, 5) is 0. The summed E-state index contributed by atoms with van der Waals surface area (Å²) in [5, 5.41) is 0. The van der Waals surface area contributed by atoms with Crippen LogP contribution in [-0.2, 0) is 5.75 Å². The summed E-state index contributed by atoms with van der Waals surface area (Å²) in [5.74, 6) is 0.740. The van der Waals surface area contributed by atoms with Gasteiger partial charge in [0.15, 0.2) is 0 Å². The molecule has 0 aliphatic rings. The van der Waals surface area contributed by atoms with Gasteiger partial charge in [-0.1, -0.05) is 12.1 Å². The van der Waals surface area contributed by atoms with Crippen LogP contribution in [0.5, 0.6) is 0 Å². The van der Waals surface area contributed by atoms with Crippen LogP contribution in [-0.4, -0.2) is 6.26 Å². The van der Waals surface area contributed by atoms with E-state index in [1.54, 1.807) is 23.9 Å². The topological polar surface area (TPSA) is 0 Å². The van der Waals surface area contributed by atoms with Gasteiger partial charge < -0.3 is 0 Å². The molecular formula is C8H9FS. The zero-order valence-electron chi connectivity index (χ0n) is 5.80. The van der Waals surface area contributed by atoms with Crippen LogP contribution in [0.2, 0.25) is 0 Å². The van der Waals surface area contributed by atoms with Crippen LogP contribution in [0.1, 0.15) is 5.56 Å². The van der Waals surface area contributed by atoms with Crippen molar-refractivity contribution in [3.8, 4) is 0 Å². The van der Waals surface area contributed by atoms with E-state index >= 15 is 0 Å². The molecule has 1 aromatic carbocycles. The van der Waals surface area contributed by atoms with Crippen molar-refractivity contribution in [3.63, 3.8) is 0 Å². The Bertz CT molecular complexity index is 210. The van der Waals surface area contributed by atoms with Crippen molar-refractivity contribution in [2.24, 2.45) is 0 Å². The Morgan fingerprint density at radius 2 is 2.30 bits per heavy atom. The molecule has 0 spiro atoms. The summed E-state index contributed by atoms with van der Waals surface area (Å²) in [5.41, 5.74) is 1.05. The maximum atomic E-state index is 12.5. The average Bonchev–Trinajstić information content (AvgIpc) is 1.88. The van der Waals surface area contributed by atoms with Crippen LogP contribution >= 0.6 is 11.8 Å². The van der Waals surface area contributed by atoms with Gasteiger partial charge in [-0.15, -0.1) is 0 Å². The predicted molar refractivity (Wildman–Crippen MR) is 43.6 cm³/mol. The van der Waals surface area contributed by atoms with Crippen LogP contribution in [0.4, 0.5) is 4.39 Å². The van der Waals surface area contributed by atoms with E-state index in [4.69, 9.17) is 0 Å². The summed E-state index contributed by atoms with van der Waals surface area (Å²) >= 11 is 1.70. The molecule has 0 bridgehead atoms. The van der Waals surface area contributed by atoms with Gasteiger partial charge in [0.05, 0.1) is 0 Å². The molecule has 0 fully saturated rings. The Balaban J connectivity index is 2.75. The van der Waals surface area contributed by atoms with Gasteiger partial charge in [-0.25, -0.2) is 4.39 Å². The second-order valence-corrected chi connectivity index (χ2v) is 2.93. The van der Waals surface area contributed by atoms with Crippen molar-refractivity contribution in [3.05, 3.63) is 35.6 Å². The summed E-state index contributed by atoms with van der Waals surface area (Å²) in [6, 6.07) is 6.70. The zero-order valence-corrected chi connectivity index (χ0v) is 6.62. The van der Waals surface area contributed by atoms with Crippen molar-refractivity contribution < 1.29 is 4.39 Å². The molecule has 0 N–H and O–H groups in total. The number of hydrogen-bond acceptors (Lipinski definition) is 1. The normalized spacial score (nSPS) is 9.80. The lowest BCUT2D eigenvalue weighted by Crippen LogP contribution is -1.80. The lowest BCUT2D eigenvalue weighted by molar-refractivity contribution is 0.626. The molecule has 0 atom stereocenters. The van der Waals surface area contributed by atoms with Crippen LogP contribution in [0.25, 0.3) is 0 Å². The van der Waals surface area contributed by atoms with Crippen molar-refractivity contribution in [2.45, 2.75) is 5.75 Å². The van der Waals surface area contributed by atoms with Gasteiger partial charge >= 0.3 is 0 Å². The largest absolute Gasteiger partial charge is 0.207 e. The number of halogens is 1. The molecule has 0 aliphatic carbocycles. The monoisotopic (exact) mass is 156 g/mol. The quantitative estimate of drug-likeness (QED) is 0.634. The van der Waals surface area contributed by atoms with Crippen molar-refractivity contribution in [2.75, 3.05) is 6.26 Å². The molecule has 2 heteroatoms. The first-order chi connectivity index (χ1) is 4.83. The Hall–Kier alpha value is -0.500. The van der Waals surface area contributed by atoms with Gasteiger partial charge in [0, 0.05) is 5.75 Å². The van der Waals surface area contributed by atoms with E-state index in [2.05, 4.69) is 0 Å².